The van der Waals surface area contributed by atoms with Crippen LogP contribution in [0.2, 0.25) is 0 Å². The molecule has 2 aromatic heterocycles. The van der Waals surface area contributed by atoms with E-state index < -0.39 is 57.4 Å². The summed E-state index contributed by atoms with van der Waals surface area (Å²) in [6.07, 6.45) is 4.03. The SMILES string of the molecule is C=CC(=O)N1CC[C@](C#N)(C(=O)N(C)C(C(=O)N[C@H]2Cc3cccc(c3)-c3ccc4c(c3)c(c(-c3cccnc3[C@H](C)OC)n4CC)CC(C)(C)COC(=O)[C@@]3(S)CCCN(N3)C2=O)C(C)C)C1. The van der Waals surface area contributed by atoms with Gasteiger partial charge in [-0.3, -0.25) is 29.2 Å². The topological polar surface area (TPSA) is 179 Å². The molecule has 2 saturated heterocycles. The van der Waals surface area contributed by atoms with Crippen molar-refractivity contribution in [3.8, 4) is 28.5 Å². The Morgan fingerprint density at radius 3 is 2.54 bits per heavy atom. The van der Waals surface area contributed by atoms with Crippen LogP contribution in [0.1, 0.15) is 83.7 Å². The van der Waals surface area contributed by atoms with Crippen molar-refractivity contribution in [1.29, 1.82) is 5.26 Å². The second-order valence-electron chi connectivity index (χ2n) is 19.6. The first-order valence-corrected chi connectivity index (χ1v) is 23.9. The number of likely N-dealkylation sites (tertiary alicyclic amines) is 1. The van der Waals surface area contributed by atoms with Gasteiger partial charge in [0, 0.05) is 74.8 Å². The molecule has 16 heteroatoms. The predicted molar refractivity (Wildman–Crippen MR) is 262 cm³/mol. The van der Waals surface area contributed by atoms with Gasteiger partial charge >= 0.3 is 5.97 Å². The van der Waals surface area contributed by atoms with Crippen molar-refractivity contribution in [3.63, 3.8) is 0 Å². The number of pyridine rings is 1. The fourth-order valence-corrected chi connectivity index (χ4v) is 10.5. The Kier molecular flexibility index (Phi) is 14.6. The number of rotatable bonds is 10. The van der Waals surface area contributed by atoms with E-state index in [1.165, 1.54) is 21.9 Å². The molecule has 4 aromatic rings. The lowest BCUT2D eigenvalue weighted by Gasteiger charge is -2.41. The van der Waals surface area contributed by atoms with E-state index in [0.29, 0.717) is 19.4 Å². The highest BCUT2D eigenvalue weighted by molar-refractivity contribution is 7.82. The van der Waals surface area contributed by atoms with Gasteiger partial charge in [0.25, 0.3) is 5.91 Å². The Morgan fingerprint density at radius 2 is 1.85 bits per heavy atom. The number of aromatic nitrogens is 2. The van der Waals surface area contributed by atoms with Crippen LogP contribution in [-0.4, -0.2) is 111 Å². The molecule has 0 saturated carbocycles. The van der Waals surface area contributed by atoms with Crippen molar-refractivity contribution in [2.24, 2.45) is 16.7 Å². The number of benzene rings is 2. The molecule has 0 spiro atoms. The molecule has 7 rings (SSSR count). The number of hydrogen-bond acceptors (Lipinski definition) is 11. The number of nitrogens with zero attached hydrogens (tertiary/aromatic N) is 6. The standard InChI is InChI=1S/C52H64N8O7S/c1-10-42(61)58-24-21-51(29-53,30-58)48(64)57(8)44(32(3)4)46(62)55-40-26-34-15-12-16-35(25-34)36-18-19-41-38(27-36)39(45(59(41)11-2)37-17-13-22-54-43(37)33(5)66-9)28-50(6,7)31-67-49(65)52(68)20-14-23-60(56-52)47(40)63/h10,12-13,15-19,22,25,27,32-33,40,44,56,68H,1,11,14,20-21,23-24,26,28,30-31H2,2-9H3,(H,55,62)/t33-,40-,44?,51+,52-/m0/s1. The average Bonchev–Trinajstić information content (AvgIpc) is 3.91. The first kappa shape index (κ1) is 49.9. The summed E-state index contributed by atoms with van der Waals surface area (Å²) in [4.78, 5) is 76.3. The number of nitriles is 1. The third-order valence-corrected chi connectivity index (χ3v) is 14.2. The number of fused-ring (bicyclic) bond motifs is 6. The van der Waals surface area contributed by atoms with Crippen molar-refractivity contribution in [1.82, 2.24) is 35.1 Å². The van der Waals surface area contributed by atoms with Crippen LogP contribution in [0.15, 0.2) is 73.4 Å². The van der Waals surface area contributed by atoms with Crippen molar-refractivity contribution in [2.45, 2.75) is 103 Å². The first-order valence-electron chi connectivity index (χ1n) is 23.4. The van der Waals surface area contributed by atoms with Crippen LogP contribution < -0.4 is 10.7 Å². The number of nitrogens with one attached hydrogen (secondary N) is 2. The molecule has 68 heavy (non-hydrogen) atoms. The zero-order valence-corrected chi connectivity index (χ0v) is 41.3. The van der Waals surface area contributed by atoms with E-state index in [-0.39, 0.29) is 57.5 Å². The normalized spacial score (nSPS) is 22.8. The number of esters is 1. The predicted octanol–water partition coefficient (Wildman–Crippen LogP) is 6.41. The largest absolute Gasteiger partial charge is 0.463 e. The third kappa shape index (κ3) is 9.66. The molecule has 360 valence electrons. The van der Waals surface area contributed by atoms with Gasteiger partial charge in [0.1, 0.15) is 12.1 Å². The Hall–Kier alpha value is -6.02. The summed E-state index contributed by atoms with van der Waals surface area (Å²) in [6.45, 7) is 16.4. The van der Waals surface area contributed by atoms with Crippen molar-refractivity contribution < 1.29 is 33.4 Å². The Bertz CT molecular complexity index is 2670. The number of thiol groups is 1. The fraction of sp³-hybridized carbons (Fsp3) is 0.481. The van der Waals surface area contributed by atoms with E-state index >= 15 is 0 Å². The van der Waals surface area contributed by atoms with Crippen molar-refractivity contribution >= 4 is 53.1 Å². The lowest BCUT2D eigenvalue weighted by Crippen LogP contribution is -2.65. The Balaban J connectivity index is 1.31. The van der Waals surface area contributed by atoms with Gasteiger partial charge in [-0.25, -0.2) is 10.2 Å². The highest BCUT2D eigenvalue weighted by Gasteiger charge is 2.50. The monoisotopic (exact) mass is 944 g/mol. The number of carbonyl (C=O) groups excluding carboxylic acids is 5. The number of hydrazine groups is 1. The fourth-order valence-electron chi connectivity index (χ4n) is 10.1. The minimum absolute atomic E-state index is 0.0509. The molecular formula is C52H64N8O7S. The molecule has 3 aliphatic heterocycles. The second kappa shape index (κ2) is 19.9. The van der Waals surface area contributed by atoms with Crippen molar-refractivity contribution in [2.75, 3.05) is 40.4 Å². The van der Waals surface area contributed by atoms with E-state index in [1.807, 2.05) is 37.3 Å². The maximum atomic E-state index is 14.8. The second-order valence-corrected chi connectivity index (χ2v) is 20.3. The number of carbonyl (C=O) groups is 5. The number of aryl methyl sites for hydroxylation is 1. The third-order valence-electron chi connectivity index (χ3n) is 13.7. The molecule has 2 fully saturated rings. The summed E-state index contributed by atoms with van der Waals surface area (Å²) < 4.78 is 14.3. The number of amides is 4. The lowest BCUT2D eigenvalue weighted by molar-refractivity contribution is -0.157. The molecule has 5 atom stereocenters. The number of ether oxygens (including phenoxy) is 2. The number of methoxy groups -OCH3 is 1. The quantitative estimate of drug-likeness (QED) is 0.0914. The van der Waals surface area contributed by atoms with E-state index in [4.69, 9.17) is 27.1 Å². The van der Waals surface area contributed by atoms with Gasteiger partial charge < -0.3 is 29.2 Å². The van der Waals surface area contributed by atoms with Crippen LogP contribution in [0.5, 0.6) is 0 Å². The summed E-state index contributed by atoms with van der Waals surface area (Å²) in [5.41, 5.74) is 8.43. The summed E-state index contributed by atoms with van der Waals surface area (Å²) in [6, 6.07) is 18.2. The summed E-state index contributed by atoms with van der Waals surface area (Å²) >= 11 is 4.84. The highest BCUT2D eigenvalue weighted by Crippen LogP contribution is 2.42. The van der Waals surface area contributed by atoms with Crippen LogP contribution in [0.3, 0.4) is 0 Å². The average molecular weight is 945 g/mol. The van der Waals surface area contributed by atoms with Crippen LogP contribution in [-0.2, 0) is 52.8 Å². The van der Waals surface area contributed by atoms with Crippen LogP contribution >= 0.6 is 12.6 Å². The van der Waals surface area contributed by atoms with E-state index in [2.05, 4.69) is 73.0 Å². The number of cyclic esters (lactones) is 1. The van der Waals surface area contributed by atoms with Crippen LogP contribution in [0, 0.1) is 28.1 Å². The number of hydrogen-bond donors (Lipinski definition) is 3. The molecular weight excluding hydrogens is 881 g/mol. The van der Waals surface area contributed by atoms with Gasteiger partial charge in [0.15, 0.2) is 10.3 Å². The molecule has 4 amide bonds. The molecule has 0 radical (unpaired) electrons. The molecule has 2 N–H and O–H groups in total. The molecule has 5 heterocycles. The van der Waals surface area contributed by atoms with Crippen LogP contribution in [0.4, 0.5) is 0 Å². The Labute approximate surface area is 404 Å². The lowest BCUT2D eigenvalue weighted by atomic mass is 9.84. The van der Waals surface area contributed by atoms with Gasteiger partial charge in [-0.1, -0.05) is 64.6 Å². The number of likely N-dealkylation sites (N-methyl/N-ethyl adjacent to an activating group) is 1. The van der Waals surface area contributed by atoms with Gasteiger partial charge in [0.2, 0.25) is 17.7 Å². The molecule has 6 bridgehead atoms. The molecule has 1 unspecified atom stereocenters. The minimum Gasteiger partial charge on any atom is -0.463 e. The minimum atomic E-state index is -1.57. The van der Waals surface area contributed by atoms with Crippen LogP contribution in [0.25, 0.3) is 33.3 Å². The van der Waals surface area contributed by atoms with Gasteiger partial charge in [-0.05, 0) is 98.0 Å². The molecule has 3 aliphatic rings. The maximum absolute atomic E-state index is 14.8. The zero-order valence-electron chi connectivity index (χ0n) is 40.4. The summed E-state index contributed by atoms with van der Waals surface area (Å²) in [5.74, 6) is -3.16. The van der Waals surface area contributed by atoms with E-state index in [1.54, 1.807) is 27.2 Å². The smallest absolute Gasteiger partial charge is 0.338 e. The van der Waals surface area contributed by atoms with Crippen molar-refractivity contribution in [3.05, 3.63) is 90.3 Å². The highest BCUT2D eigenvalue weighted by atomic mass is 32.1. The van der Waals surface area contributed by atoms with E-state index in [9.17, 15) is 29.2 Å². The first-order chi connectivity index (χ1) is 32.3. The molecule has 0 aliphatic carbocycles. The molecule has 15 nitrogen and oxygen atoms in total. The molecule has 2 aromatic carbocycles. The summed E-state index contributed by atoms with van der Waals surface area (Å²) in [5, 5.41) is 15.7. The van der Waals surface area contributed by atoms with E-state index in [0.717, 1.165) is 56.2 Å². The maximum Gasteiger partial charge on any atom is 0.338 e. The summed E-state index contributed by atoms with van der Waals surface area (Å²) in [7, 11) is 3.15. The van der Waals surface area contributed by atoms with Gasteiger partial charge in [0.05, 0.1) is 30.2 Å². The zero-order chi connectivity index (χ0) is 49.3. The Morgan fingerprint density at radius 1 is 1.10 bits per heavy atom. The van der Waals surface area contributed by atoms with Gasteiger partial charge in [-0.15, -0.1) is 12.6 Å². The van der Waals surface area contributed by atoms with Gasteiger partial charge in [-0.2, -0.15) is 5.26 Å².